The van der Waals surface area contributed by atoms with Crippen molar-refractivity contribution in [3.63, 3.8) is 0 Å². The van der Waals surface area contributed by atoms with Crippen molar-refractivity contribution < 1.29 is 9.53 Å². The van der Waals surface area contributed by atoms with Crippen molar-refractivity contribution >= 4 is 17.7 Å². The zero-order valence-electron chi connectivity index (χ0n) is 10.9. The van der Waals surface area contributed by atoms with Crippen LogP contribution in [0.3, 0.4) is 0 Å². The van der Waals surface area contributed by atoms with Gasteiger partial charge >= 0.3 is 0 Å². The predicted octanol–water partition coefficient (Wildman–Crippen LogP) is 2.69. The SMILES string of the molecule is CC1SC(c2cccnc2)N(C2(C)CC=CO2)C1=O. The molecular weight excluding hydrogens is 260 g/mol. The largest absolute Gasteiger partial charge is 0.476 e. The Morgan fingerprint density at radius 2 is 2.42 bits per heavy atom. The lowest BCUT2D eigenvalue weighted by molar-refractivity contribution is -0.153. The topological polar surface area (TPSA) is 42.4 Å². The van der Waals surface area contributed by atoms with Crippen LogP contribution in [0.2, 0.25) is 0 Å². The van der Waals surface area contributed by atoms with E-state index in [1.807, 2.05) is 43.2 Å². The van der Waals surface area contributed by atoms with Gasteiger partial charge in [-0.15, -0.1) is 11.8 Å². The van der Waals surface area contributed by atoms with Crippen molar-refractivity contribution in [3.8, 4) is 0 Å². The quantitative estimate of drug-likeness (QED) is 0.833. The molecule has 5 heteroatoms. The highest BCUT2D eigenvalue weighted by molar-refractivity contribution is 8.01. The van der Waals surface area contributed by atoms with Crippen molar-refractivity contribution in [2.75, 3.05) is 0 Å². The van der Waals surface area contributed by atoms with Gasteiger partial charge in [-0.05, 0) is 26.0 Å². The molecule has 2 aliphatic heterocycles. The first-order chi connectivity index (χ1) is 9.12. The fourth-order valence-electron chi connectivity index (χ4n) is 2.52. The van der Waals surface area contributed by atoms with Crippen LogP contribution in [0.1, 0.15) is 31.2 Å². The van der Waals surface area contributed by atoms with Gasteiger partial charge in [-0.3, -0.25) is 14.7 Å². The van der Waals surface area contributed by atoms with E-state index >= 15 is 0 Å². The van der Waals surface area contributed by atoms with Gasteiger partial charge in [-0.2, -0.15) is 0 Å². The van der Waals surface area contributed by atoms with E-state index in [-0.39, 0.29) is 16.5 Å². The second-order valence-electron chi connectivity index (χ2n) is 4.99. The van der Waals surface area contributed by atoms with Crippen molar-refractivity contribution in [2.24, 2.45) is 0 Å². The second-order valence-corrected chi connectivity index (χ2v) is 6.42. The minimum Gasteiger partial charge on any atom is -0.476 e. The van der Waals surface area contributed by atoms with Crippen LogP contribution in [0.15, 0.2) is 36.9 Å². The molecule has 19 heavy (non-hydrogen) atoms. The standard InChI is InChI=1S/C14H16N2O2S/c1-10-12(17)16(14(2)6-4-8-18-14)13(19-10)11-5-3-7-15-9-11/h3-5,7-10,13H,6H2,1-2H3. The summed E-state index contributed by atoms with van der Waals surface area (Å²) in [4.78, 5) is 18.5. The average molecular weight is 276 g/mol. The lowest BCUT2D eigenvalue weighted by Gasteiger charge is -2.38. The average Bonchev–Trinajstić information content (AvgIpc) is 2.97. The van der Waals surface area contributed by atoms with Gasteiger partial charge in [0.15, 0.2) is 5.72 Å². The third kappa shape index (κ3) is 2.02. The Morgan fingerprint density at radius 1 is 1.58 bits per heavy atom. The molecule has 1 aromatic rings. The lowest BCUT2D eigenvalue weighted by atomic mass is 10.1. The second kappa shape index (κ2) is 4.56. The normalized spacial score (nSPS) is 33.8. The van der Waals surface area contributed by atoms with Crippen LogP contribution in [0.25, 0.3) is 0 Å². The van der Waals surface area contributed by atoms with Gasteiger partial charge in [0, 0.05) is 24.4 Å². The molecule has 3 atom stereocenters. The summed E-state index contributed by atoms with van der Waals surface area (Å²) in [6.45, 7) is 3.91. The third-order valence-electron chi connectivity index (χ3n) is 3.55. The molecule has 0 aromatic carbocycles. The highest BCUT2D eigenvalue weighted by atomic mass is 32.2. The van der Waals surface area contributed by atoms with Crippen LogP contribution in [-0.2, 0) is 9.53 Å². The Kier molecular flexibility index (Phi) is 3.01. The van der Waals surface area contributed by atoms with Crippen LogP contribution in [-0.4, -0.2) is 26.8 Å². The number of carbonyl (C=O) groups excluding carboxylic acids is 1. The molecule has 0 radical (unpaired) electrons. The lowest BCUT2D eigenvalue weighted by Crippen LogP contribution is -2.48. The number of carbonyl (C=O) groups is 1. The van der Waals surface area contributed by atoms with Crippen LogP contribution in [0.5, 0.6) is 0 Å². The molecule has 0 spiro atoms. The highest BCUT2D eigenvalue weighted by Crippen LogP contribution is 2.48. The first kappa shape index (κ1) is 12.5. The summed E-state index contributed by atoms with van der Waals surface area (Å²) in [5.74, 6) is 0.130. The Bertz CT molecular complexity index is 509. The molecule has 1 fully saturated rings. The maximum Gasteiger partial charge on any atom is 0.239 e. The van der Waals surface area contributed by atoms with Crippen LogP contribution >= 0.6 is 11.8 Å². The molecule has 4 nitrogen and oxygen atoms in total. The highest BCUT2D eigenvalue weighted by Gasteiger charge is 2.49. The smallest absolute Gasteiger partial charge is 0.239 e. The maximum atomic E-state index is 12.5. The number of rotatable bonds is 2. The Balaban J connectivity index is 1.97. The maximum absolute atomic E-state index is 12.5. The van der Waals surface area contributed by atoms with Gasteiger partial charge in [0.25, 0.3) is 0 Å². The molecule has 1 amide bonds. The van der Waals surface area contributed by atoms with E-state index in [0.717, 1.165) is 12.0 Å². The van der Waals surface area contributed by atoms with Crippen molar-refractivity contribution in [2.45, 2.75) is 36.6 Å². The van der Waals surface area contributed by atoms with Crippen LogP contribution < -0.4 is 0 Å². The molecular formula is C14H16N2O2S. The zero-order valence-corrected chi connectivity index (χ0v) is 11.8. The number of hydrogen-bond donors (Lipinski definition) is 0. The summed E-state index contributed by atoms with van der Waals surface area (Å²) in [6, 6.07) is 3.91. The molecule has 0 bridgehead atoms. The van der Waals surface area contributed by atoms with E-state index in [0.29, 0.717) is 0 Å². The molecule has 3 heterocycles. The van der Waals surface area contributed by atoms with E-state index in [9.17, 15) is 4.79 Å². The fraction of sp³-hybridized carbons (Fsp3) is 0.429. The number of thioether (sulfide) groups is 1. The molecule has 3 rings (SSSR count). The number of pyridine rings is 1. The third-order valence-corrected chi connectivity index (χ3v) is 4.90. The first-order valence-electron chi connectivity index (χ1n) is 6.33. The van der Waals surface area contributed by atoms with Gasteiger partial charge in [0.2, 0.25) is 5.91 Å². The van der Waals surface area contributed by atoms with Crippen molar-refractivity contribution in [1.82, 2.24) is 9.88 Å². The summed E-state index contributed by atoms with van der Waals surface area (Å²) >= 11 is 1.65. The number of amides is 1. The molecule has 1 saturated heterocycles. The van der Waals surface area contributed by atoms with E-state index < -0.39 is 5.72 Å². The van der Waals surface area contributed by atoms with E-state index in [4.69, 9.17) is 4.74 Å². The number of aromatic nitrogens is 1. The van der Waals surface area contributed by atoms with Gasteiger partial charge in [-0.25, -0.2) is 0 Å². The monoisotopic (exact) mass is 276 g/mol. The Morgan fingerprint density at radius 3 is 3.05 bits per heavy atom. The van der Waals surface area contributed by atoms with Crippen LogP contribution in [0, 0.1) is 0 Å². The Labute approximate surface area is 116 Å². The summed E-state index contributed by atoms with van der Waals surface area (Å²) < 4.78 is 5.69. The summed E-state index contributed by atoms with van der Waals surface area (Å²) in [6.07, 6.45) is 7.93. The zero-order chi connectivity index (χ0) is 13.5. The van der Waals surface area contributed by atoms with Gasteiger partial charge < -0.3 is 4.74 Å². The molecule has 100 valence electrons. The van der Waals surface area contributed by atoms with Crippen LogP contribution in [0.4, 0.5) is 0 Å². The summed E-state index contributed by atoms with van der Waals surface area (Å²) in [5.41, 5.74) is 0.469. The predicted molar refractivity (Wildman–Crippen MR) is 74.1 cm³/mol. The molecule has 0 saturated carbocycles. The molecule has 1 aromatic heterocycles. The minimum atomic E-state index is -0.574. The van der Waals surface area contributed by atoms with Gasteiger partial charge in [0.1, 0.15) is 5.37 Å². The first-order valence-corrected chi connectivity index (χ1v) is 7.27. The van der Waals surface area contributed by atoms with E-state index in [2.05, 4.69) is 4.98 Å². The van der Waals surface area contributed by atoms with E-state index in [1.54, 1.807) is 24.2 Å². The Hall–Kier alpha value is -1.49. The van der Waals surface area contributed by atoms with E-state index in [1.165, 1.54) is 0 Å². The minimum absolute atomic E-state index is 0.0268. The number of nitrogens with zero attached hydrogens (tertiary/aromatic N) is 2. The van der Waals surface area contributed by atoms with Gasteiger partial charge in [-0.1, -0.05) is 6.07 Å². The number of ether oxygens (including phenoxy) is 1. The summed E-state index contributed by atoms with van der Waals surface area (Å²) in [7, 11) is 0. The summed E-state index contributed by atoms with van der Waals surface area (Å²) in [5, 5.41) is -0.0765. The van der Waals surface area contributed by atoms with Crippen molar-refractivity contribution in [3.05, 3.63) is 42.4 Å². The molecule has 2 aliphatic rings. The molecule has 3 unspecified atom stereocenters. The van der Waals surface area contributed by atoms with Gasteiger partial charge in [0.05, 0.1) is 11.5 Å². The molecule has 0 aliphatic carbocycles. The molecule has 0 N–H and O–H groups in total. The number of hydrogen-bond acceptors (Lipinski definition) is 4. The van der Waals surface area contributed by atoms with Crippen molar-refractivity contribution in [1.29, 1.82) is 0 Å². The fourth-order valence-corrected chi connectivity index (χ4v) is 3.88.